The molecule has 4 N–H and O–H groups in total. The number of hydrogen-bond acceptors (Lipinski definition) is 4. The summed E-state index contributed by atoms with van der Waals surface area (Å²) in [5.74, 6) is -0.635. The van der Waals surface area contributed by atoms with Crippen molar-refractivity contribution < 1.29 is 17.9 Å². The number of aliphatic hydroxyl groups is 1. The van der Waals surface area contributed by atoms with Crippen LogP contribution < -0.4 is 10.5 Å². The van der Waals surface area contributed by atoms with Crippen molar-refractivity contribution in [2.45, 2.75) is 49.6 Å². The molecule has 0 radical (unpaired) electrons. The molecule has 0 saturated heterocycles. The number of nitrogen functional groups attached to an aromatic ring is 1. The van der Waals surface area contributed by atoms with Gasteiger partial charge in [0.25, 0.3) is 0 Å². The number of sulfonamides is 1. The highest BCUT2D eigenvalue weighted by Gasteiger charge is 2.25. The number of benzene rings is 1. The lowest BCUT2D eigenvalue weighted by molar-refractivity contribution is 0.120. The molecule has 0 unspecified atom stereocenters. The second kappa shape index (κ2) is 5.67. The van der Waals surface area contributed by atoms with E-state index in [9.17, 15) is 17.9 Å². The molecule has 0 aliphatic heterocycles. The average Bonchev–Trinajstić information content (AvgIpc) is 2.38. The number of halogens is 1. The number of nitrogens with one attached hydrogen (secondary N) is 1. The maximum atomic E-state index is 13.6. The molecule has 1 aromatic rings. The van der Waals surface area contributed by atoms with E-state index >= 15 is 0 Å². The van der Waals surface area contributed by atoms with E-state index in [2.05, 4.69) is 4.72 Å². The summed E-state index contributed by atoms with van der Waals surface area (Å²) in [4.78, 5) is -0.163. The van der Waals surface area contributed by atoms with Crippen molar-refractivity contribution in [2.24, 2.45) is 0 Å². The summed E-state index contributed by atoms with van der Waals surface area (Å²) in [5, 5.41) is 9.40. The molecule has 1 fully saturated rings. The maximum absolute atomic E-state index is 13.6. The Morgan fingerprint density at radius 3 is 2.45 bits per heavy atom. The highest BCUT2D eigenvalue weighted by Crippen LogP contribution is 2.23. The van der Waals surface area contributed by atoms with Crippen molar-refractivity contribution in [2.75, 3.05) is 5.73 Å². The second-order valence-electron chi connectivity index (χ2n) is 5.25. The first-order valence-electron chi connectivity index (χ1n) is 6.55. The van der Waals surface area contributed by atoms with E-state index in [1.165, 1.54) is 13.0 Å². The van der Waals surface area contributed by atoms with Gasteiger partial charge in [-0.25, -0.2) is 17.5 Å². The van der Waals surface area contributed by atoms with Crippen LogP contribution in [0.15, 0.2) is 17.0 Å². The Kier molecular flexibility index (Phi) is 4.31. The van der Waals surface area contributed by atoms with Gasteiger partial charge in [0.15, 0.2) is 0 Å². The number of hydrogen-bond donors (Lipinski definition) is 3. The number of rotatable bonds is 3. The van der Waals surface area contributed by atoms with Crippen molar-refractivity contribution in [3.63, 3.8) is 0 Å². The minimum Gasteiger partial charge on any atom is -0.398 e. The van der Waals surface area contributed by atoms with E-state index in [1.54, 1.807) is 0 Å². The topological polar surface area (TPSA) is 92.4 Å². The van der Waals surface area contributed by atoms with Gasteiger partial charge in [-0.3, -0.25) is 0 Å². The van der Waals surface area contributed by atoms with Crippen LogP contribution in [0.5, 0.6) is 0 Å². The maximum Gasteiger partial charge on any atom is 0.240 e. The highest BCUT2D eigenvalue weighted by molar-refractivity contribution is 7.89. The second-order valence-corrected chi connectivity index (χ2v) is 6.96. The summed E-state index contributed by atoms with van der Waals surface area (Å²) in [6.07, 6.45) is 1.92. The van der Waals surface area contributed by atoms with Crippen LogP contribution in [0, 0.1) is 12.7 Å². The Labute approximate surface area is 118 Å². The summed E-state index contributed by atoms with van der Waals surface area (Å²) in [5.41, 5.74) is 5.96. The first-order chi connectivity index (χ1) is 9.29. The summed E-state index contributed by atoms with van der Waals surface area (Å²) in [6.45, 7) is 1.50. The first-order valence-corrected chi connectivity index (χ1v) is 8.04. The fraction of sp³-hybridized carbons (Fsp3) is 0.538. The van der Waals surface area contributed by atoms with Crippen molar-refractivity contribution >= 4 is 15.7 Å². The highest BCUT2D eigenvalue weighted by atomic mass is 32.2. The summed E-state index contributed by atoms with van der Waals surface area (Å²) >= 11 is 0. The number of aliphatic hydroxyl groups excluding tert-OH is 1. The van der Waals surface area contributed by atoms with Crippen molar-refractivity contribution in [3.8, 4) is 0 Å². The summed E-state index contributed by atoms with van der Waals surface area (Å²) in [7, 11) is -3.79. The normalized spacial score (nSPS) is 23.8. The van der Waals surface area contributed by atoms with Gasteiger partial charge in [0, 0.05) is 17.3 Å². The minimum atomic E-state index is -3.79. The van der Waals surface area contributed by atoms with Crippen LogP contribution in [0.2, 0.25) is 0 Å². The van der Waals surface area contributed by atoms with E-state index < -0.39 is 15.8 Å². The first kappa shape index (κ1) is 15.2. The lowest BCUT2D eigenvalue weighted by Crippen LogP contribution is -2.38. The third kappa shape index (κ3) is 3.28. The number of nitrogens with two attached hydrogens (primary N) is 1. The predicted octanol–water partition coefficient (Wildman–Crippen LogP) is 1.30. The Morgan fingerprint density at radius 2 is 1.90 bits per heavy atom. The minimum absolute atomic E-state index is 0.115. The van der Waals surface area contributed by atoms with Crippen LogP contribution in [-0.4, -0.2) is 25.7 Å². The molecule has 1 aromatic carbocycles. The molecular weight excluding hydrogens is 283 g/mol. The van der Waals surface area contributed by atoms with E-state index in [4.69, 9.17) is 5.73 Å². The molecule has 20 heavy (non-hydrogen) atoms. The fourth-order valence-corrected chi connectivity index (χ4v) is 3.66. The average molecular weight is 302 g/mol. The molecule has 0 atom stereocenters. The van der Waals surface area contributed by atoms with Crippen LogP contribution in [-0.2, 0) is 10.0 Å². The van der Waals surface area contributed by atoms with Crippen molar-refractivity contribution in [1.82, 2.24) is 4.72 Å². The largest absolute Gasteiger partial charge is 0.398 e. The standard InChI is InChI=1S/C13H19FN2O3S/c1-8-12(14)6-11(7-13(8)15)20(18,19)16-9-2-4-10(17)5-3-9/h6-7,9-10,16-17H,2-5,15H2,1H3. The van der Waals surface area contributed by atoms with Gasteiger partial charge in [0.2, 0.25) is 10.0 Å². The molecule has 112 valence electrons. The van der Waals surface area contributed by atoms with Gasteiger partial charge in [-0.2, -0.15) is 0 Å². The van der Waals surface area contributed by atoms with Crippen LogP contribution in [0.3, 0.4) is 0 Å². The Morgan fingerprint density at radius 1 is 1.30 bits per heavy atom. The molecule has 0 spiro atoms. The van der Waals surface area contributed by atoms with Gasteiger partial charge >= 0.3 is 0 Å². The summed E-state index contributed by atoms with van der Waals surface area (Å²) in [6, 6.07) is 2.01. The van der Waals surface area contributed by atoms with Crippen LogP contribution in [0.25, 0.3) is 0 Å². The molecule has 1 saturated carbocycles. The zero-order chi connectivity index (χ0) is 14.9. The molecule has 0 heterocycles. The monoisotopic (exact) mass is 302 g/mol. The molecule has 0 amide bonds. The summed E-state index contributed by atoms with van der Waals surface area (Å²) < 4.78 is 40.5. The lowest BCUT2D eigenvalue weighted by atomic mass is 9.94. The third-order valence-electron chi connectivity index (χ3n) is 3.69. The van der Waals surface area contributed by atoms with Crippen molar-refractivity contribution in [1.29, 1.82) is 0 Å². The number of anilines is 1. The van der Waals surface area contributed by atoms with Crippen molar-refractivity contribution in [3.05, 3.63) is 23.5 Å². The Hall–Kier alpha value is -1.18. The van der Waals surface area contributed by atoms with E-state index in [0.29, 0.717) is 25.7 Å². The van der Waals surface area contributed by atoms with Crippen LogP contribution in [0.1, 0.15) is 31.2 Å². The molecule has 5 nitrogen and oxygen atoms in total. The van der Waals surface area contributed by atoms with Crippen LogP contribution >= 0.6 is 0 Å². The molecular formula is C13H19FN2O3S. The molecule has 7 heteroatoms. The fourth-order valence-electron chi connectivity index (χ4n) is 2.31. The quantitative estimate of drug-likeness (QED) is 0.734. The van der Waals surface area contributed by atoms with Gasteiger partial charge in [0.05, 0.1) is 11.0 Å². The van der Waals surface area contributed by atoms with Gasteiger partial charge in [0.1, 0.15) is 5.82 Å². The van der Waals surface area contributed by atoms with Gasteiger partial charge in [-0.1, -0.05) is 0 Å². The zero-order valence-electron chi connectivity index (χ0n) is 11.3. The molecule has 1 aliphatic carbocycles. The molecule has 2 rings (SSSR count). The van der Waals surface area contributed by atoms with E-state index in [-0.39, 0.29) is 28.3 Å². The predicted molar refractivity (Wildman–Crippen MR) is 74.1 cm³/mol. The Balaban J connectivity index is 2.18. The van der Waals surface area contributed by atoms with Gasteiger partial charge in [-0.05, 0) is 44.7 Å². The molecule has 0 bridgehead atoms. The molecule has 0 aromatic heterocycles. The SMILES string of the molecule is Cc1c(N)cc(S(=O)(=O)NC2CCC(O)CC2)cc1F. The van der Waals surface area contributed by atoms with Gasteiger partial charge in [-0.15, -0.1) is 0 Å². The smallest absolute Gasteiger partial charge is 0.240 e. The van der Waals surface area contributed by atoms with E-state index in [1.807, 2.05) is 0 Å². The molecule has 1 aliphatic rings. The lowest BCUT2D eigenvalue weighted by Gasteiger charge is -2.26. The van der Waals surface area contributed by atoms with Gasteiger partial charge < -0.3 is 10.8 Å². The van der Waals surface area contributed by atoms with Crippen LogP contribution in [0.4, 0.5) is 10.1 Å². The Bertz CT molecular complexity index is 573. The zero-order valence-corrected chi connectivity index (χ0v) is 12.1. The van der Waals surface area contributed by atoms with E-state index in [0.717, 1.165) is 6.07 Å². The third-order valence-corrected chi connectivity index (χ3v) is 5.19.